The molecule has 4 aromatic rings. The van der Waals surface area contributed by atoms with Crippen LogP contribution in [0, 0.1) is 0 Å². The highest BCUT2D eigenvalue weighted by Gasteiger charge is 2.29. The van der Waals surface area contributed by atoms with Crippen LogP contribution < -0.4 is 30.7 Å². The Balaban J connectivity index is 0.691. The van der Waals surface area contributed by atoms with Crippen molar-refractivity contribution in [3.63, 3.8) is 0 Å². The minimum Gasteiger partial charge on any atom is -0.378 e. The van der Waals surface area contributed by atoms with Crippen molar-refractivity contribution >= 4 is 80.4 Å². The lowest BCUT2D eigenvalue weighted by molar-refractivity contribution is 0.0516. The highest BCUT2D eigenvalue weighted by Crippen LogP contribution is 2.40. The van der Waals surface area contributed by atoms with E-state index in [4.69, 9.17) is 65.4 Å². The van der Waals surface area contributed by atoms with Crippen LogP contribution in [0.5, 0.6) is 0 Å². The second kappa shape index (κ2) is 30.2. The number of likely N-dealkylation sites (N-methyl/N-ethyl adjacent to an activating group) is 2. The molecule has 0 bridgehead atoms. The van der Waals surface area contributed by atoms with E-state index in [1.807, 2.05) is 31.3 Å². The van der Waals surface area contributed by atoms with Crippen molar-refractivity contribution in [2.45, 2.75) is 47.6 Å². The van der Waals surface area contributed by atoms with E-state index in [1.165, 1.54) is 11.1 Å². The SMILES string of the molecule is CN1Cc2c(Cl)cc(Cl)cc2[C@@H](c2cccc(SNCCOCCOCCNC(=O)NCCCCNC(=O)NCCOCCOCCNS(=O)(=O)c3cccc([C@@H]4CN(C)Cc5c(Cl)cc(Cl)cc54)c3)c2)C1. The summed E-state index contributed by atoms with van der Waals surface area (Å²) in [5.74, 6) is 0.0965. The fourth-order valence-corrected chi connectivity index (χ4v) is 11.3. The minimum atomic E-state index is -3.78. The Bertz CT molecular complexity index is 2500. The molecule has 0 unspecified atom stereocenters. The molecule has 2 heterocycles. The summed E-state index contributed by atoms with van der Waals surface area (Å²) in [4.78, 5) is 29.9. The molecular weight excluding hydrogens is 1050 g/mol. The van der Waals surface area contributed by atoms with Crippen LogP contribution in [0.1, 0.15) is 58.1 Å². The van der Waals surface area contributed by atoms with Crippen LogP contribution in [0.15, 0.2) is 82.6 Å². The average molecular weight is 1110 g/mol. The van der Waals surface area contributed by atoms with Gasteiger partial charge in [0.2, 0.25) is 10.0 Å². The van der Waals surface area contributed by atoms with Gasteiger partial charge in [0, 0.05) is 102 Å². The van der Waals surface area contributed by atoms with Crippen molar-refractivity contribution < 1.29 is 37.0 Å². The van der Waals surface area contributed by atoms with Gasteiger partial charge < -0.3 is 50.0 Å². The molecule has 6 rings (SSSR count). The first-order valence-corrected chi connectivity index (χ1v) is 27.8. The van der Waals surface area contributed by atoms with E-state index in [0.29, 0.717) is 105 Å². The predicted octanol–water partition coefficient (Wildman–Crippen LogP) is 7.48. The number of amides is 4. The van der Waals surface area contributed by atoms with Crippen LogP contribution in [0.2, 0.25) is 20.1 Å². The third-order valence-electron chi connectivity index (χ3n) is 11.9. The number of hydrogen-bond donors (Lipinski definition) is 6. The number of urea groups is 2. The van der Waals surface area contributed by atoms with Gasteiger partial charge >= 0.3 is 12.1 Å². The maximum Gasteiger partial charge on any atom is 0.314 e. The number of hydrogen-bond acceptors (Lipinski definition) is 12. The summed E-state index contributed by atoms with van der Waals surface area (Å²) in [6.07, 6.45) is 1.38. The molecule has 394 valence electrons. The van der Waals surface area contributed by atoms with E-state index in [-0.39, 0.29) is 61.8 Å². The smallest absolute Gasteiger partial charge is 0.314 e. The van der Waals surface area contributed by atoms with Crippen LogP contribution in [-0.2, 0) is 42.1 Å². The molecule has 2 aliphatic rings. The largest absolute Gasteiger partial charge is 0.378 e. The van der Waals surface area contributed by atoms with Gasteiger partial charge in [-0.1, -0.05) is 70.7 Å². The first kappa shape index (κ1) is 57.8. The summed E-state index contributed by atoms with van der Waals surface area (Å²) in [6.45, 7) is 8.20. The topological polar surface area (TPSA) is 184 Å². The van der Waals surface area contributed by atoms with E-state index in [0.717, 1.165) is 40.2 Å². The van der Waals surface area contributed by atoms with Gasteiger partial charge in [0.15, 0.2) is 0 Å². The van der Waals surface area contributed by atoms with Crippen molar-refractivity contribution in [2.75, 3.05) is 119 Å². The molecule has 4 amide bonds. The standard InChI is InChI=1S/C50H66Cl4N8O8S2/c1-61-31-43(41-27-37(51)29-47(53)45(41)33-61)35-7-5-9-39(25-35)71-59-15-19-69-23-21-67-17-13-57-49(63)55-11-3-4-12-56-50(64)58-14-18-68-22-24-70-20-16-60-72(65,66)40-10-6-8-36(26-40)44-32-62(2)34-46-42(44)28-38(52)30-48(46)54/h5-10,25-30,43-44,59-60H,3-4,11-24,31-34H2,1-2H3,(H2,55,57,63)(H2,56,58,64)/t43-,44+/m1/s1. The molecule has 2 atom stereocenters. The normalized spacial score (nSPS) is 16.0. The monoisotopic (exact) mass is 1110 g/mol. The number of halogens is 4. The van der Waals surface area contributed by atoms with Crippen molar-refractivity contribution in [1.29, 1.82) is 0 Å². The molecule has 0 aliphatic carbocycles. The lowest BCUT2D eigenvalue weighted by Gasteiger charge is -2.33. The van der Waals surface area contributed by atoms with Crippen LogP contribution in [0.4, 0.5) is 9.59 Å². The molecule has 2 aliphatic heterocycles. The highest BCUT2D eigenvalue weighted by molar-refractivity contribution is 7.97. The lowest BCUT2D eigenvalue weighted by Crippen LogP contribution is -2.39. The zero-order chi connectivity index (χ0) is 51.3. The molecule has 0 aromatic heterocycles. The Labute approximate surface area is 448 Å². The molecule has 4 aromatic carbocycles. The molecule has 0 fully saturated rings. The van der Waals surface area contributed by atoms with E-state index < -0.39 is 10.0 Å². The summed E-state index contributed by atoms with van der Waals surface area (Å²) in [6, 6.07) is 22.4. The summed E-state index contributed by atoms with van der Waals surface area (Å²) in [5.41, 5.74) is 6.40. The number of nitrogens with zero attached hydrogens (tertiary/aromatic N) is 2. The fourth-order valence-electron chi connectivity index (χ4n) is 8.43. The first-order chi connectivity index (χ1) is 34.8. The van der Waals surface area contributed by atoms with Gasteiger partial charge in [-0.3, -0.25) is 4.72 Å². The number of carbonyl (C=O) groups excluding carboxylic acids is 2. The van der Waals surface area contributed by atoms with Crippen molar-refractivity contribution in [1.82, 2.24) is 40.5 Å². The van der Waals surface area contributed by atoms with Gasteiger partial charge in [0.1, 0.15) is 0 Å². The molecule has 22 heteroatoms. The Morgan fingerprint density at radius 2 is 1.04 bits per heavy atom. The molecule has 0 saturated heterocycles. The van der Waals surface area contributed by atoms with Crippen LogP contribution in [-0.4, -0.2) is 150 Å². The van der Waals surface area contributed by atoms with E-state index in [2.05, 4.69) is 71.8 Å². The van der Waals surface area contributed by atoms with Crippen LogP contribution in [0.3, 0.4) is 0 Å². The second-order valence-electron chi connectivity index (χ2n) is 17.5. The van der Waals surface area contributed by atoms with Gasteiger partial charge in [-0.2, -0.15) is 0 Å². The van der Waals surface area contributed by atoms with Gasteiger partial charge in [0.05, 0.1) is 57.8 Å². The molecule has 0 radical (unpaired) electrons. The Morgan fingerprint density at radius 3 is 1.57 bits per heavy atom. The van der Waals surface area contributed by atoms with E-state index in [9.17, 15) is 18.0 Å². The van der Waals surface area contributed by atoms with Gasteiger partial charge in [-0.25, -0.2) is 22.7 Å². The average Bonchev–Trinajstić information content (AvgIpc) is 3.35. The van der Waals surface area contributed by atoms with Crippen molar-refractivity contribution in [2.24, 2.45) is 0 Å². The van der Waals surface area contributed by atoms with E-state index >= 15 is 0 Å². The third kappa shape index (κ3) is 18.7. The Morgan fingerprint density at radius 1 is 0.583 bits per heavy atom. The number of carbonyl (C=O) groups is 2. The first-order valence-electron chi connectivity index (χ1n) is 24.0. The molecular formula is C50H66Cl4N8O8S2. The second-order valence-corrected chi connectivity index (χ2v) is 21.9. The summed E-state index contributed by atoms with van der Waals surface area (Å²) in [5, 5.41) is 13.6. The molecule has 16 nitrogen and oxygen atoms in total. The molecule has 0 spiro atoms. The number of benzene rings is 4. The van der Waals surface area contributed by atoms with Gasteiger partial charge in [0.25, 0.3) is 0 Å². The molecule has 72 heavy (non-hydrogen) atoms. The summed E-state index contributed by atoms with van der Waals surface area (Å²) < 4.78 is 54.5. The number of ether oxygens (including phenoxy) is 4. The maximum absolute atomic E-state index is 13.1. The molecule has 6 N–H and O–H groups in total. The zero-order valence-electron chi connectivity index (χ0n) is 40.7. The number of fused-ring (bicyclic) bond motifs is 2. The van der Waals surface area contributed by atoms with Crippen LogP contribution in [0.25, 0.3) is 0 Å². The number of unbranched alkanes of at least 4 members (excludes halogenated alkanes) is 1. The Hall–Kier alpha value is -3.44. The van der Waals surface area contributed by atoms with Gasteiger partial charge in [-0.15, -0.1) is 0 Å². The van der Waals surface area contributed by atoms with E-state index in [1.54, 1.807) is 36.2 Å². The highest BCUT2D eigenvalue weighted by atomic mass is 35.5. The third-order valence-corrected chi connectivity index (χ3v) is 15.3. The predicted molar refractivity (Wildman–Crippen MR) is 287 cm³/mol. The quantitative estimate of drug-likeness (QED) is 0.0233. The minimum absolute atomic E-state index is 0.0866. The number of sulfonamides is 1. The maximum atomic E-state index is 13.1. The Kier molecular flexibility index (Phi) is 24.3. The van der Waals surface area contributed by atoms with Crippen molar-refractivity contribution in [3.8, 4) is 0 Å². The summed E-state index contributed by atoms with van der Waals surface area (Å²) in [7, 11) is 0.332. The van der Waals surface area contributed by atoms with Gasteiger partial charge in [-0.05, 0) is 121 Å². The molecule has 0 saturated carbocycles. The summed E-state index contributed by atoms with van der Waals surface area (Å²) >= 11 is 27.4. The van der Waals surface area contributed by atoms with Crippen LogP contribution >= 0.6 is 58.4 Å². The fraction of sp³-hybridized carbons (Fsp3) is 0.480. The zero-order valence-corrected chi connectivity index (χ0v) is 45.4. The van der Waals surface area contributed by atoms with Crippen molar-refractivity contribution in [3.05, 3.63) is 126 Å². The lowest BCUT2D eigenvalue weighted by atomic mass is 9.85. The number of nitrogens with one attached hydrogen (secondary N) is 6. The number of rotatable bonds is 29.